The summed E-state index contributed by atoms with van der Waals surface area (Å²) in [5, 5.41) is 2.81. The van der Waals surface area contributed by atoms with Crippen LogP contribution in [0.1, 0.15) is 31.9 Å². The molecule has 0 aliphatic heterocycles. The quantitative estimate of drug-likeness (QED) is 0.890. The smallest absolute Gasteiger partial charge is 0.262 e. The Kier molecular flexibility index (Phi) is 5.50. The van der Waals surface area contributed by atoms with Gasteiger partial charge in [-0.25, -0.2) is 0 Å². The number of hydrogen-bond donors (Lipinski definition) is 1. The summed E-state index contributed by atoms with van der Waals surface area (Å²) in [6.07, 6.45) is 0. The Morgan fingerprint density at radius 3 is 2.33 bits per heavy atom. The molecule has 0 aliphatic rings. The van der Waals surface area contributed by atoms with E-state index in [1.807, 2.05) is 12.1 Å². The molecule has 0 saturated carbocycles. The summed E-state index contributed by atoms with van der Waals surface area (Å²) in [4.78, 5) is 12.1. The lowest BCUT2D eigenvalue weighted by Gasteiger charge is -2.23. The van der Waals surface area contributed by atoms with E-state index in [2.05, 4.69) is 39.1 Å². The predicted molar refractivity (Wildman–Crippen MR) is 97.0 cm³/mol. The Bertz CT molecular complexity index is 700. The summed E-state index contributed by atoms with van der Waals surface area (Å²) in [6.45, 7) is 8.41. The third kappa shape index (κ3) is 4.75. The molecule has 128 valence electrons. The minimum atomic E-state index is -0.194. The molecule has 1 N–H and O–H groups in total. The fourth-order valence-electron chi connectivity index (χ4n) is 2.37. The van der Waals surface area contributed by atoms with Crippen LogP contribution < -0.4 is 14.8 Å². The normalized spacial score (nSPS) is 11.0. The van der Waals surface area contributed by atoms with Crippen LogP contribution in [0.5, 0.6) is 11.5 Å². The molecule has 2 rings (SSSR count). The van der Waals surface area contributed by atoms with Gasteiger partial charge < -0.3 is 14.8 Å². The van der Waals surface area contributed by atoms with Crippen LogP contribution in [0.2, 0.25) is 0 Å². The topological polar surface area (TPSA) is 47.6 Å². The monoisotopic (exact) mass is 327 g/mol. The number of carbonyl (C=O) groups excluding carboxylic acids is 1. The summed E-state index contributed by atoms with van der Waals surface area (Å²) >= 11 is 0. The largest absolute Gasteiger partial charge is 0.497 e. The van der Waals surface area contributed by atoms with E-state index in [1.165, 1.54) is 5.56 Å². The molecular weight excluding hydrogens is 302 g/mol. The molecule has 0 bridgehead atoms. The van der Waals surface area contributed by atoms with Crippen molar-refractivity contribution in [2.75, 3.05) is 19.0 Å². The fourth-order valence-corrected chi connectivity index (χ4v) is 2.37. The van der Waals surface area contributed by atoms with Crippen LogP contribution >= 0.6 is 0 Å². The number of carbonyl (C=O) groups is 1. The van der Waals surface area contributed by atoms with Crippen molar-refractivity contribution in [3.8, 4) is 11.5 Å². The van der Waals surface area contributed by atoms with Gasteiger partial charge in [0.1, 0.15) is 11.5 Å². The van der Waals surface area contributed by atoms with Gasteiger partial charge in [-0.05, 0) is 48.2 Å². The lowest BCUT2D eigenvalue weighted by Crippen LogP contribution is -2.22. The highest BCUT2D eigenvalue weighted by Crippen LogP contribution is 2.32. The molecule has 0 saturated heterocycles. The maximum absolute atomic E-state index is 12.1. The highest BCUT2D eigenvalue weighted by molar-refractivity contribution is 5.91. The summed E-state index contributed by atoms with van der Waals surface area (Å²) in [5.74, 6) is 1.30. The molecule has 4 nitrogen and oxygen atoms in total. The second-order valence-corrected chi connectivity index (χ2v) is 6.81. The summed E-state index contributed by atoms with van der Waals surface area (Å²) in [6, 6.07) is 13.2. The van der Waals surface area contributed by atoms with E-state index < -0.39 is 0 Å². The van der Waals surface area contributed by atoms with Crippen molar-refractivity contribution in [2.45, 2.75) is 33.1 Å². The van der Waals surface area contributed by atoms with Crippen molar-refractivity contribution in [3.05, 3.63) is 53.6 Å². The van der Waals surface area contributed by atoms with E-state index in [9.17, 15) is 4.79 Å². The molecule has 0 heterocycles. The van der Waals surface area contributed by atoms with Crippen LogP contribution in [0.15, 0.2) is 42.5 Å². The lowest BCUT2D eigenvalue weighted by molar-refractivity contribution is -0.118. The van der Waals surface area contributed by atoms with Crippen molar-refractivity contribution in [1.82, 2.24) is 0 Å². The van der Waals surface area contributed by atoms with Crippen molar-refractivity contribution in [3.63, 3.8) is 0 Å². The van der Waals surface area contributed by atoms with E-state index in [1.54, 1.807) is 31.4 Å². The molecule has 2 aromatic carbocycles. The van der Waals surface area contributed by atoms with E-state index in [0.29, 0.717) is 5.69 Å². The highest BCUT2D eigenvalue weighted by Gasteiger charge is 2.19. The van der Waals surface area contributed by atoms with Gasteiger partial charge in [0.2, 0.25) is 0 Å². The van der Waals surface area contributed by atoms with E-state index in [4.69, 9.17) is 9.47 Å². The number of amides is 1. The summed E-state index contributed by atoms with van der Waals surface area (Å²) in [7, 11) is 1.61. The zero-order valence-electron chi connectivity index (χ0n) is 15.0. The van der Waals surface area contributed by atoms with Crippen LogP contribution in [-0.2, 0) is 10.2 Å². The van der Waals surface area contributed by atoms with Crippen molar-refractivity contribution in [2.24, 2.45) is 0 Å². The Morgan fingerprint density at radius 1 is 1.08 bits per heavy atom. The molecule has 0 aromatic heterocycles. The van der Waals surface area contributed by atoms with Crippen LogP contribution in [0, 0.1) is 6.92 Å². The SMILES string of the molecule is COc1ccc(NC(=O)COc2ccc(C)cc2C(C)(C)C)cc1. The minimum absolute atomic E-state index is 0.0296. The number of aryl methyl sites for hydroxylation is 1. The van der Waals surface area contributed by atoms with Crippen LogP contribution in [0.4, 0.5) is 5.69 Å². The summed E-state index contributed by atoms with van der Waals surface area (Å²) in [5.41, 5.74) is 2.94. The first kappa shape index (κ1) is 17.9. The van der Waals surface area contributed by atoms with Crippen LogP contribution in [0.25, 0.3) is 0 Å². The Balaban J connectivity index is 2.01. The van der Waals surface area contributed by atoms with Gasteiger partial charge in [0.25, 0.3) is 5.91 Å². The van der Waals surface area contributed by atoms with Crippen molar-refractivity contribution >= 4 is 11.6 Å². The van der Waals surface area contributed by atoms with Crippen molar-refractivity contribution in [1.29, 1.82) is 0 Å². The minimum Gasteiger partial charge on any atom is -0.497 e. The Labute approximate surface area is 143 Å². The van der Waals surface area contributed by atoms with E-state index in [-0.39, 0.29) is 17.9 Å². The molecule has 0 aliphatic carbocycles. The van der Waals surface area contributed by atoms with Gasteiger partial charge in [0, 0.05) is 5.69 Å². The molecule has 0 atom stereocenters. The van der Waals surface area contributed by atoms with Gasteiger partial charge in [-0.15, -0.1) is 0 Å². The first-order valence-corrected chi connectivity index (χ1v) is 7.97. The molecule has 0 unspecified atom stereocenters. The number of ether oxygens (including phenoxy) is 2. The zero-order chi connectivity index (χ0) is 17.7. The van der Waals surface area contributed by atoms with Crippen molar-refractivity contribution < 1.29 is 14.3 Å². The molecule has 0 radical (unpaired) electrons. The van der Waals surface area contributed by atoms with E-state index in [0.717, 1.165) is 17.1 Å². The van der Waals surface area contributed by atoms with Crippen LogP contribution in [-0.4, -0.2) is 19.6 Å². The second kappa shape index (κ2) is 7.39. The maximum atomic E-state index is 12.1. The zero-order valence-corrected chi connectivity index (χ0v) is 15.0. The fraction of sp³-hybridized carbons (Fsp3) is 0.350. The van der Waals surface area contributed by atoms with Gasteiger partial charge in [-0.3, -0.25) is 4.79 Å². The highest BCUT2D eigenvalue weighted by atomic mass is 16.5. The number of anilines is 1. The Morgan fingerprint density at radius 2 is 1.75 bits per heavy atom. The first-order chi connectivity index (χ1) is 11.3. The molecule has 0 spiro atoms. The molecular formula is C20H25NO3. The molecule has 1 amide bonds. The Hall–Kier alpha value is -2.49. The molecule has 4 heteroatoms. The number of methoxy groups -OCH3 is 1. The van der Waals surface area contributed by atoms with Crippen LogP contribution in [0.3, 0.4) is 0 Å². The second-order valence-electron chi connectivity index (χ2n) is 6.81. The standard InChI is InChI=1S/C20H25NO3/c1-14-6-11-18(17(12-14)20(2,3)4)24-13-19(22)21-15-7-9-16(23-5)10-8-15/h6-12H,13H2,1-5H3,(H,21,22). The maximum Gasteiger partial charge on any atom is 0.262 e. The summed E-state index contributed by atoms with van der Waals surface area (Å²) < 4.78 is 10.9. The predicted octanol–water partition coefficient (Wildman–Crippen LogP) is 4.32. The number of nitrogens with one attached hydrogen (secondary N) is 1. The van der Waals surface area contributed by atoms with E-state index >= 15 is 0 Å². The number of benzene rings is 2. The first-order valence-electron chi connectivity index (χ1n) is 7.97. The third-order valence-electron chi connectivity index (χ3n) is 3.68. The number of hydrogen-bond acceptors (Lipinski definition) is 3. The van der Waals surface area contributed by atoms with Gasteiger partial charge >= 0.3 is 0 Å². The lowest BCUT2D eigenvalue weighted by atomic mass is 9.85. The van der Waals surface area contributed by atoms with Gasteiger partial charge in [-0.2, -0.15) is 0 Å². The average molecular weight is 327 g/mol. The van der Waals surface area contributed by atoms with Gasteiger partial charge in [-0.1, -0.05) is 38.5 Å². The average Bonchev–Trinajstić information content (AvgIpc) is 2.53. The number of rotatable bonds is 5. The van der Waals surface area contributed by atoms with Gasteiger partial charge in [0.15, 0.2) is 6.61 Å². The molecule has 0 fully saturated rings. The molecule has 2 aromatic rings. The molecule has 24 heavy (non-hydrogen) atoms. The van der Waals surface area contributed by atoms with Gasteiger partial charge in [0.05, 0.1) is 7.11 Å². The third-order valence-corrected chi connectivity index (χ3v) is 3.68.